The van der Waals surface area contributed by atoms with Gasteiger partial charge in [-0.1, -0.05) is 12.1 Å². The Morgan fingerprint density at radius 3 is 1.83 bits per heavy atom. The Morgan fingerprint density at radius 2 is 1.30 bits per heavy atom. The van der Waals surface area contributed by atoms with Crippen molar-refractivity contribution in [1.29, 1.82) is 10.5 Å². The van der Waals surface area contributed by atoms with Crippen LogP contribution in [0.15, 0.2) is 54.7 Å². The van der Waals surface area contributed by atoms with Gasteiger partial charge in [0.15, 0.2) is 5.82 Å². The van der Waals surface area contributed by atoms with Crippen molar-refractivity contribution in [3.63, 3.8) is 0 Å². The Balaban J connectivity index is 2.04. The lowest BCUT2D eigenvalue weighted by atomic mass is 10.1. The summed E-state index contributed by atoms with van der Waals surface area (Å²) >= 11 is 0. The van der Waals surface area contributed by atoms with Crippen molar-refractivity contribution < 1.29 is 0 Å². The van der Waals surface area contributed by atoms with Gasteiger partial charge in [-0.05, 0) is 48.9 Å². The predicted molar refractivity (Wildman–Crippen MR) is 87.1 cm³/mol. The van der Waals surface area contributed by atoms with Crippen LogP contribution in [-0.4, -0.2) is 9.97 Å². The number of hydrogen-bond donors (Lipinski definition) is 0. The summed E-state index contributed by atoms with van der Waals surface area (Å²) in [6.07, 6.45) is 1.79. The molecule has 0 unspecified atom stereocenters. The highest BCUT2D eigenvalue weighted by Gasteiger charge is 2.08. The summed E-state index contributed by atoms with van der Waals surface area (Å²) in [4.78, 5) is 9.02. The van der Waals surface area contributed by atoms with Gasteiger partial charge >= 0.3 is 0 Å². The molecular weight excluding hydrogens is 284 g/mol. The van der Waals surface area contributed by atoms with Crippen LogP contribution in [0.4, 0.5) is 0 Å². The van der Waals surface area contributed by atoms with Crippen molar-refractivity contribution in [2.24, 2.45) is 0 Å². The van der Waals surface area contributed by atoms with E-state index in [0.717, 1.165) is 22.4 Å². The van der Waals surface area contributed by atoms with Gasteiger partial charge in [0, 0.05) is 17.3 Å². The Morgan fingerprint density at radius 1 is 0.783 bits per heavy atom. The molecule has 1 heterocycles. The monoisotopic (exact) mass is 296 g/mol. The molecule has 0 fully saturated rings. The molecule has 0 saturated heterocycles. The fourth-order valence-corrected chi connectivity index (χ4v) is 2.27. The second-order valence-corrected chi connectivity index (χ2v) is 5.10. The molecule has 0 amide bonds. The number of nitriles is 2. The lowest BCUT2D eigenvalue weighted by Crippen LogP contribution is -1.95. The number of nitrogens with zero attached hydrogens (tertiary/aromatic N) is 4. The maximum atomic E-state index is 8.89. The number of aryl methyl sites for hydroxylation is 1. The second kappa shape index (κ2) is 6.09. The topological polar surface area (TPSA) is 73.4 Å². The van der Waals surface area contributed by atoms with Gasteiger partial charge in [-0.25, -0.2) is 9.97 Å². The van der Waals surface area contributed by atoms with Gasteiger partial charge in [-0.15, -0.1) is 0 Å². The minimum Gasteiger partial charge on any atom is -0.236 e. The zero-order valence-corrected chi connectivity index (χ0v) is 12.5. The summed E-state index contributed by atoms with van der Waals surface area (Å²) in [5, 5.41) is 17.8. The van der Waals surface area contributed by atoms with Gasteiger partial charge < -0.3 is 0 Å². The highest BCUT2D eigenvalue weighted by Crippen LogP contribution is 2.24. The van der Waals surface area contributed by atoms with Crippen molar-refractivity contribution >= 4 is 0 Å². The van der Waals surface area contributed by atoms with Crippen LogP contribution in [0, 0.1) is 29.6 Å². The third-order valence-corrected chi connectivity index (χ3v) is 3.53. The smallest absolute Gasteiger partial charge is 0.159 e. The summed E-state index contributed by atoms with van der Waals surface area (Å²) in [5.41, 5.74) is 4.83. The minimum atomic E-state index is 0.605. The van der Waals surface area contributed by atoms with Gasteiger partial charge in [0.2, 0.25) is 0 Å². The highest BCUT2D eigenvalue weighted by atomic mass is 14.9. The van der Waals surface area contributed by atoms with Crippen LogP contribution in [0.5, 0.6) is 0 Å². The summed E-state index contributed by atoms with van der Waals surface area (Å²) in [6, 6.07) is 18.7. The molecule has 0 atom stereocenters. The fraction of sp³-hybridized carbons (Fsp3) is 0.0526. The van der Waals surface area contributed by atoms with Gasteiger partial charge in [-0.2, -0.15) is 10.5 Å². The first-order valence-electron chi connectivity index (χ1n) is 7.06. The summed E-state index contributed by atoms with van der Waals surface area (Å²) in [7, 11) is 0. The van der Waals surface area contributed by atoms with Gasteiger partial charge in [0.05, 0.1) is 29.0 Å². The SMILES string of the molecule is Cc1cnc(-c2ccc(C#N)cc2)nc1-c1ccc(C#N)cc1. The minimum absolute atomic E-state index is 0.605. The van der Waals surface area contributed by atoms with Gasteiger partial charge in [0.25, 0.3) is 0 Å². The van der Waals surface area contributed by atoms with Gasteiger partial charge in [0.1, 0.15) is 0 Å². The van der Waals surface area contributed by atoms with E-state index in [2.05, 4.69) is 22.1 Å². The van der Waals surface area contributed by atoms with E-state index in [1.807, 2.05) is 31.2 Å². The quantitative estimate of drug-likeness (QED) is 0.719. The van der Waals surface area contributed by atoms with Crippen molar-refractivity contribution in [3.8, 4) is 34.8 Å². The predicted octanol–water partition coefficient (Wildman–Crippen LogP) is 3.86. The zero-order valence-electron chi connectivity index (χ0n) is 12.5. The fourth-order valence-electron chi connectivity index (χ4n) is 2.27. The molecule has 0 saturated carbocycles. The molecule has 0 aliphatic carbocycles. The molecule has 2 aromatic carbocycles. The van der Waals surface area contributed by atoms with E-state index in [9.17, 15) is 0 Å². The van der Waals surface area contributed by atoms with Gasteiger partial charge in [-0.3, -0.25) is 0 Å². The molecule has 3 aromatic rings. The van der Waals surface area contributed by atoms with Crippen LogP contribution in [0.3, 0.4) is 0 Å². The van der Waals surface area contributed by atoms with E-state index in [1.165, 1.54) is 0 Å². The molecule has 0 aliphatic heterocycles. The number of hydrogen-bond acceptors (Lipinski definition) is 4. The lowest BCUT2D eigenvalue weighted by molar-refractivity contribution is 1.14. The largest absolute Gasteiger partial charge is 0.236 e. The van der Waals surface area contributed by atoms with Crippen LogP contribution < -0.4 is 0 Å². The number of rotatable bonds is 2. The van der Waals surface area contributed by atoms with E-state index in [4.69, 9.17) is 10.5 Å². The Hall–Kier alpha value is -3.50. The molecule has 4 heteroatoms. The molecular formula is C19H12N4. The molecule has 1 aromatic heterocycles. The Bertz CT molecular complexity index is 927. The molecule has 0 aliphatic rings. The molecule has 0 N–H and O–H groups in total. The van der Waals surface area contributed by atoms with E-state index in [-0.39, 0.29) is 0 Å². The second-order valence-electron chi connectivity index (χ2n) is 5.10. The number of aromatic nitrogens is 2. The first kappa shape index (κ1) is 14.4. The van der Waals surface area contributed by atoms with Crippen LogP contribution in [0.2, 0.25) is 0 Å². The standard InChI is InChI=1S/C19H12N4/c1-13-12-22-19(17-8-4-15(11-21)5-9-17)23-18(13)16-6-2-14(10-20)3-7-16/h2-9,12H,1H3. The molecule has 4 nitrogen and oxygen atoms in total. The van der Waals surface area contributed by atoms with E-state index in [0.29, 0.717) is 17.0 Å². The van der Waals surface area contributed by atoms with E-state index in [1.54, 1.807) is 30.5 Å². The van der Waals surface area contributed by atoms with Crippen LogP contribution >= 0.6 is 0 Å². The number of benzene rings is 2. The normalized spacial score (nSPS) is 9.87. The molecule has 108 valence electrons. The summed E-state index contributed by atoms with van der Waals surface area (Å²) in [5.74, 6) is 0.611. The molecule has 0 bridgehead atoms. The Labute approximate surface area is 134 Å². The van der Waals surface area contributed by atoms with Crippen LogP contribution in [0.25, 0.3) is 22.6 Å². The first-order chi connectivity index (χ1) is 11.2. The third kappa shape index (κ3) is 2.92. The maximum absolute atomic E-state index is 8.89. The molecule has 23 heavy (non-hydrogen) atoms. The van der Waals surface area contributed by atoms with Crippen molar-refractivity contribution in [1.82, 2.24) is 9.97 Å². The maximum Gasteiger partial charge on any atom is 0.159 e. The first-order valence-corrected chi connectivity index (χ1v) is 7.06. The van der Waals surface area contributed by atoms with Crippen LogP contribution in [-0.2, 0) is 0 Å². The summed E-state index contributed by atoms with van der Waals surface area (Å²) in [6.45, 7) is 1.95. The zero-order chi connectivity index (χ0) is 16.2. The molecule has 3 rings (SSSR count). The third-order valence-electron chi connectivity index (χ3n) is 3.53. The average Bonchev–Trinajstić information content (AvgIpc) is 2.62. The van der Waals surface area contributed by atoms with Crippen molar-refractivity contribution in [2.45, 2.75) is 6.92 Å². The average molecular weight is 296 g/mol. The Kier molecular flexibility index (Phi) is 3.82. The van der Waals surface area contributed by atoms with E-state index >= 15 is 0 Å². The van der Waals surface area contributed by atoms with E-state index < -0.39 is 0 Å². The highest BCUT2D eigenvalue weighted by molar-refractivity contribution is 5.67. The van der Waals surface area contributed by atoms with Crippen molar-refractivity contribution in [3.05, 3.63) is 71.4 Å². The summed E-state index contributed by atoms with van der Waals surface area (Å²) < 4.78 is 0. The lowest BCUT2D eigenvalue weighted by Gasteiger charge is -2.08. The van der Waals surface area contributed by atoms with Crippen molar-refractivity contribution in [2.75, 3.05) is 0 Å². The molecule has 0 spiro atoms. The van der Waals surface area contributed by atoms with Crippen LogP contribution in [0.1, 0.15) is 16.7 Å². The molecule has 0 radical (unpaired) electrons.